The van der Waals surface area contributed by atoms with E-state index in [0.717, 1.165) is 11.8 Å². The van der Waals surface area contributed by atoms with E-state index in [2.05, 4.69) is 37.6 Å². The van der Waals surface area contributed by atoms with Crippen LogP contribution in [0.3, 0.4) is 0 Å². The van der Waals surface area contributed by atoms with E-state index in [1.807, 2.05) is 0 Å². The molecule has 1 rings (SSSR count). The molecule has 108 valence electrons. The fourth-order valence-electron chi connectivity index (χ4n) is 2.85. The highest BCUT2D eigenvalue weighted by atomic mass is 15.1. The van der Waals surface area contributed by atoms with Gasteiger partial charge < -0.3 is 9.80 Å². The van der Waals surface area contributed by atoms with Crippen LogP contribution in [0.15, 0.2) is 0 Å². The molecule has 1 saturated heterocycles. The minimum atomic E-state index is 0.875. The summed E-state index contributed by atoms with van der Waals surface area (Å²) in [6, 6.07) is 0. The lowest BCUT2D eigenvalue weighted by Gasteiger charge is -2.33. The van der Waals surface area contributed by atoms with Crippen molar-refractivity contribution in [3.05, 3.63) is 0 Å². The Hall–Kier alpha value is -0.0800. The predicted molar refractivity (Wildman–Crippen MR) is 81.0 cm³/mol. The van der Waals surface area contributed by atoms with Gasteiger partial charge in [-0.15, -0.1) is 0 Å². The molecule has 0 radical (unpaired) electrons. The van der Waals surface area contributed by atoms with Gasteiger partial charge in [-0.1, -0.05) is 33.6 Å². The van der Waals surface area contributed by atoms with Crippen molar-refractivity contribution in [2.75, 3.05) is 39.8 Å². The number of rotatable bonds is 8. The number of unbranched alkanes of at least 4 members (excludes halogenated alkanes) is 1. The van der Waals surface area contributed by atoms with Crippen molar-refractivity contribution in [3.8, 4) is 0 Å². The maximum atomic E-state index is 2.68. The summed E-state index contributed by atoms with van der Waals surface area (Å²) in [5.41, 5.74) is 0. The third kappa shape index (κ3) is 6.75. The molecular weight excluding hydrogens is 220 g/mol. The Labute approximate surface area is 115 Å². The summed E-state index contributed by atoms with van der Waals surface area (Å²) in [5, 5.41) is 0. The Balaban J connectivity index is 2.04. The van der Waals surface area contributed by atoms with Crippen LogP contribution in [0.2, 0.25) is 0 Å². The average Bonchev–Trinajstić information content (AvgIpc) is 2.36. The summed E-state index contributed by atoms with van der Waals surface area (Å²) >= 11 is 0. The van der Waals surface area contributed by atoms with Crippen LogP contribution in [0.25, 0.3) is 0 Å². The highest BCUT2D eigenvalue weighted by Crippen LogP contribution is 2.18. The van der Waals surface area contributed by atoms with Crippen molar-refractivity contribution in [2.24, 2.45) is 11.8 Å². The van der Waals surface area contributed by atoms with E-state index in [1.54, 1.807) is 0 Å². The summed E-state index contributed by atoms with van der Waals surface area (Å²) in [6.07, 6.45) is 7.04. The first-order valence-electron chi connectivity index (χ1n) is 8.02. The molecule has 1 aliphatic heterocycles. The second-order valence-corrected chi connectivity index (χ2v) is 6.53. The fourth-order valence-corrected chi connectivity index (χ4v) is 2.85. The van der Waals surface area contributed by atoms with Crippen molar-refractivity contribution in [2.45, 2.75) is 52.9 Å². The van der Waals surface area contributed by atoms with Gasteiger partial charge in [0.25, 0.3) is 0 Å². The SMILES string of the molecule is CCN(C)CC1CCN(CCCCC(C)C)CC1. The first-order valence-corrected chi connectivity index (χ1v) is 8.02. The van der Waals surface area contributed by atoms with Gasteiger partial charge in [-0.2, -0.15) is 0 Å². The van der Waals surface area contributed by atoms with Crippen LogP contribution in [0, 0.1) is 11.8 Å². The lowest BCUT2D eigenvalue weighted by molar-refractivity contribution is 0.154. The van der Waals surface area contributed by atoms with Gasteiger partial charge in [0.2, 0.25) is 0 Å². The monoisotopic (exact) mass is 254 g/mol. The molecule has 18 heavy (non-hydrogen) atoms. The average molecular weight is 254 g/mol. The van der Waals surface area contributed by atoms with Crippen LogP contribution < -0.4 is 0 Å². The summed E-state index contributed by atoms with van der Waals surface area (Å²) in [4.78, 5) is 5.14. The van der Waals surface area contributed by atoms with E-state index < -0.39 is 0 Å². The highest BCUT2D eigenvalue weighted by molar-refractivity contribution is 4.74. The molecule has 1 heterocycles. The van der Waals surface area contributed by atoms with Crippen molar-refractivity contribution < 1.29 is 0 Å². The second-order valence-electron chi connectivity index (χ2n) is 6.53. The van der Waals surface area contributed by atoms with Crippen LogP contribution in [-0.4, -0.2) is 49.6 Å². The first kappa shape index (κ1) is 16.0. The van der Waals surface area contributed by atoms with Gasteiger partial charge in [0, 0.05) is 6.54 Å². The van der Waals surface area contributed by atoms with Crippen LogP contribution in [0.1, 0.15) is 52.9 Å². The standard InChI is InChI=1S/C16H34N2/c1-5-17(4)14-16-9-12-18(13-10-16)11-7-6-8-15(2)3/h15-16H,5-14H2,1-4H3. The van der Waals surface area contributed by atoms with E-state index in [1.165, 1.54) is 64.8 Å². The molecule has 0 aliphatic carbocycles. The van der Waals surface area contributed by atoms with Gasteiger partial charge >= 0.3 is 0 Å². The van der Waals surface area contributed by atoms with Crippen LogP contribution in [0.4, 0.5) is 0 Å². The quantitative estimate of drug-likeness (QED) is 0.612. The maximum Gasteiger partial charge on any atom is 0.000744 e. The molecular formula is C16H34N2. The zero-order valence-corrected chi connectivity index (χ0v) is 13.1. The number of hydrogen-bond acceptors (Lipinski definition) is 2. The van der Waals surface area contributed by atoms with Gasteiger partial charge in [0.05, 0.1) is 0 Å². The molecule has 0 bridgehead atoms. The predicted octanol–water partition coefficient (Wildman–Crippen LogP) is 3.48. The van der Waals surface area contributed by atoms with Crippen molar-refractivity contribution in [3.63, 3.8) is 0 Å². The minimum absolute atomic E-state index is 0.875. The van der Waals surface area contributed by atoms with Gasteiger partial charge in [-0.3, -0.25) is 0 Å². The molecule has 0 N–H and O–H groups in total. The maximum absolute atomic E-state index is 2.68. The van der Waals surface area contributed by atoms with Crippen LogP contribution in [0.5, 0.6) is 0 Å². The topological polar surface area (TPSA) is 6.48 Å². The van der Waals surface area contributed by atoms with E-state index in [4.69, 9.17) is 0 Å². The molecule has 0 aromatic heterocycles. The highest BCUT2D eigenvalue weighted by Gasteiger charge is 2.19. The van der Waals surface area contributed by atoms with E-state index in [9.17, 15) is 0 Å². The number of likely N-dealkylation sites (tertiary alicyclic amines) is 1. The van der Waals surface area contributed by atoms with Crippen LogP contribution >= 0.6 is 0 Å². The molecule has 0 spiro atoms. The molecule has 2 nitrogen and oxygen atoms in total. The Morgan fingerprint density at radius 2 is 1.83 bits per heavy atom. The Morgan fingerprint density at radius 1 is 1.17 bits per heavy atom. The summed E-state index contributed by atoms with van der Waals surface area (Å²) in [6.45, 7) is 13.4. The summed E-state index contributed by atoms with van der Waals surface area (Å²) < 4.78 is 0. The number of hydrogen-bond donors (Lipinski definition) is 0. The summed E-state index contributed by atoms with van der Waals surface area (Å²) in [7, 11) is 2.25. The van der Waals surface area contributed by atoms with Gasteiger partial charge in [0.15, 0.2) is 0 Å². The van der Waals surface area contributed by atoms with Crippen molar-refractivity contribution in [1.82, 2.24) is 9.80 Å². The molecule has 0 amide bonds. The third-order valence-corrected chi connectivity index (χ3v) is 4.32. The molecule has 0 atom stereocenters. The summed E-state index contributed by atoms with van der Waals surface area (Å²) in [5.74, 6) is 1.82. The van der Waals surface area contributed by atoms with E-state index in [0.29, 0.717) is 0 Å². The Kier molecular flexibility index (Phi) is 7.92. The molecule has 2 heteroatoms. The molecule has 0 aromatic rings. The van der Waals surface area contributed by atoms with E-state index in [-0.39, 0.29) is 0 Å². The first-order chi connectivity index (χ1) is 8.61. The molecule has 1 aliphatic rings. The molecule has 1 fully saturated rings. The third-order valence-electron chi connectivity index (χ3n) is 4.32. The lowest BCUT2D eigenvalue weighted by atomic mass is 9.96. The Bertz CT molecular complexity index is 195. The van der Waals surface area contributed by atoms with Gasteiger partial charge in [0.1, 0.15) is 0 Å². The van der Waals surface area contributed by atoms with Crippen LogP contribution in [-0.2, 0) is 0 Å². The van der Waals surface area contributed by atoms with Crippen molar-refractivity contribution >= 4 is 0 Å². The van der Waals surface area contributed by atoms with Gasteiger partial charge in [-0.05, 0) is 64.3 Å². The smallest absolute Gasteiger partial charge is 0.000744 e. The van der Waals surface area contributed by atoms with Gasteiger partial charge in [-0.25, -0.2) is 0 Å². The minimum Gasteiger partial charge on any atom is -0.306 e. The largest absolute Gasteiger partial charge is 0.306 e. The molecule has 0 unspecified atom stereocenters. The van der Waals surface area contributed by atoms with Crippen molar-refractivity contribution in [1.29, 1.82) is 0 Å². The zero-order valence-electron chi connectivity index (χ0n) is 13.1. The Morgan fingerprint density at radius 3 is 2.39 bits per heavy atom. The normalized spacial score (nSPS) is 19.0. The zero-order chi connectivity index (χ0) is 13.4. The number of nitrogens with zero attached hydrogens (tertiary/aromatic N) is 2. The second kappa shape index (κ2) is 8.92. The molecule has 0 aromatic carbocycles. The lowest BCUT2D eigenvalue weighted by Crippen LogP contribution is -2.38. The molecule has 0 saturated carbocycles. The number of piperidine rings is 1. The fraction of sp³-hybridized carbons (Fsp3) is 1.00. The van der Waals surface area contributed by atoms with E-state index >= 15 is 0 Å².